The third-order valence-electron chi connectivity index (χ3n) is 4.97. The maximum atomic E-state index is 13.7. The number of para-hydroxylation sites is 1. The molecule has 6 nitrogen and oxygen atoms in total. The van der Waals surface area contributed by atoms with E-state index in [0.29, 0.717) is 29.2 Å². The predicted octanol–water partition coefficient (Wildman–Crippen LogP) is 5.19. The number of rotatable bonds is 6. The van der Waals surface area contributed by atoms with Gasteiger partial charge in [0.25, 0.3) is 5.56 Å². The molecule has 162 valence electrons. The Labute approximate surface area is 195 Å². The van der Waals surface area contributed by atoms with Crippen molar-refractivity contribution in [1.29, 1.82) is 0 Å². The molecule has 0 bridgehead atoms. The van der Waals surface area contributed by atoms with E-state index in [1.54, 1.807) is 12.3 Å². The van der Waals surface area contributed by atoms with Crippen LogP contribution in [0.1, 0.15) is 6.92 Å². The van der Waals surface area contributed by atoms with Crippen LogP contribution >= 0.6 is 15.9 Å². The van der Waals surface area contributed by atoms with Gasteiger partial charge in [-0.1, -0.05) is 18.2 Å². The monoisotopic (exact) mass is 490 g/mol. The third kappa shape index (κ3) is 4.29. The number of hydrogen-bond donors (Lipinski definition) is 0. The fourth-order valence-electron chi connectivity index (χ4n) is 3.48. The van der Waals surface area contributed by atoms with E-state index < -0.39 is 0 Å². The lowest BCUT2D eigenvalue weighted by atomic mass is 10.0. The van der Waals surface area contributed by atoms with Gasteiger partial charge in [-0.15, -0.1) is 0 Å². The van der Waals surface area contributed by atoms with Gasteiger partial charge in [0.05, 0.1) is 23.6 Å². The molecular formula is C25H23BrN4O2. The van der Waals surface area contributed by atoms with Crippen molar-refractivity contribution in [2.24, 2.45) is 0 Å². The molecule has 0 aliphatic carbocycles. The molecule has 0 unspecified atom stereocenters. The Morgan fingerprint density at radius 2 is 1.75 bits per heavy atom. The lowest BCUT2D eigenvalue weighted by molar-refractivity contribution is 0.340. The first kappa shape index (κ1) is 21.8. The number of benzene rings is 2. The van der Waals surface area contributed by atoms with Crippen LogP contribution < -0.4 is 15.2 Å². The van der Waals surface area contributed by atoms with Crippen LogP contribution in [0.4, 0.5) is 5.69 Å². The van der Waals surface area contributed by atoms with Crippen molar-refractivity contribution in [3.63, 3.8) is 0 Å². The van der Waals surface area contributed by atoms with Crippen molar-refractivity contribution in [3.05, 3.63) is 87.8 Å². The van der Waals surface area contributed by atoms with Crippen molar-refractivity contribution >= 4 is 21.6 Å². The van der Waals surface area contributed by atoms with Crippen LogP contribution in [0.15, 0.2) is 82.2 Å². The van der Waals surface area contributed by atoms with Crippen LogP contribution in [0.5, 0.6) is 5.75 Å². The summed E-state index contributed by atoms with van der Waals surface area (Å²) in [5.41, 5.74) is 3.94. The van der Waals surface area contributed by atoms with E-state index in [9.17, 15) is 4.79 Å². The zero-order valence-electron chi connectivity index (χ0n) is 18.1. The molecule has 0 saturated carbocycles. The molecule has 4 aromatic rings. The topological polar surface area (TPSA) is 60.3 Å². The van der Waals surface area contributed by atoms with E-state index in [1.165, 1.54) is 4.68 Å². The molecular weight excluding hydrogens is 468 g/mol. The largest absolute Gasteiger partial charge is 0.494 e. The molecule has 0 spiro atoms. The van der Waals surface area contributed by atoms with Gasteiger partial charge in [0, 0.05) is 42.1 Å². The van der Waals surface area contributed by atoms with Crippen LogP contribution in [0, 0.1) is 0 Å². The summed E-state index contributed by atoms with van der Waals surface area (Å²) in [5, 5.41) is 4.65. The Hall–Kier alpha value is -3.45. The normalized spacial score (nSPS) is 10.8. The summed E-state index contributed by atoms with van der Waals surface area (Å²) in [5.74, 6) is 0.755. The Morgan fingerprint density at radius 1 is 0.969 bits per heavy atom. The van der Waals surface area contributed by atoms with E-state index in [-0.39, 0.29) is 5.56 Å². The lowest BCUT2D eigenvalue weighted by Crippen LogP contribution is -2.24. The van der Waals surface area contributed by atoms with Crippen LogP contribution in [-0.2, 0) is 0 Å². The van der Waals surface area contributed by atoms with Gasteiger partial charge in [0.1, 0.15) is 11.4 Å². The second-order valence-corrected chi connectivity index (χ2v) is 8.19. The van der Waals surface area contributed by atoms with E-state index in [0.717, 1.165) is 21.5 Å². The van der Waals surface area contributed by atoms with Crippen LogP contribution in [0.25, 0.3) is 28.2 Å². The summed E-state index contributed by atoms with van der Waals surface area (Å²) < 4.78 is 7.89. The second-order valence-electron chi connectivity index (χ2n) is 7.33. The van der Waals surface area contributed by atoms with Gasteiger partial charge in [-0.2, -0.15) is 9.78 Å². The Bertz CT molecular complexity index is 1300. The molecule has 32 heavy (non-hydrogen) atoms. The minimum atomic E-state index is -0.219. The predicted molar refractivity (Wildman–Crippen MR) is 132 cm³/mol. The number of nitrogens with zero attached hydrogens (tertiary/aromatic N) is 4. The molecule has 2 aromatic carbocycles. The summed E-state index contributed by atoms with van der Waals surface area (Å²) in [4.78, 5) is 20.1. The molecule has 0 aliphatic heterocycles. The molecule has 0 aliphatic rings. The highest BCUT2D eigenvalue weighted by atomic mass is 79.9. The van der Waals surface area contributed by atoms with E-state index in [2.05, 4.69) is 26.0 Å². The highest BCUT2D eigenvalue weighted by Crippen LogP contribution is 2.33. The van der Waals surface area contributed by atoms with Gasteiger partial charge in [-0.3, -0.25) is 9.78 Å². The first-order chi connectivity index (χ1) is 15.5. The van der Waals surface area contributed by atoms with Crippen LogP contribution in [-0.4, -0.2) is 35.5 Å². The summed E-state index contributed by atoms with van der Waals surface area (Å²) in [6.45, 7) is 2.52. The molecule has 0 amide bonds. The quantitative estimate of drug-likeness (QED) is 0.372. The number of anilines is 1. The fraction of sp³-hybridized carbons (Fsp3) is 0.160. The molecule has 0 atom stereocenters. The highest BCUT2D eigenvalue weighted by molar-refractivity contribution is 9.10. The molecule has 4 rings (SSSR count). The summed E-state index contributed by atoms with van der Waals surface area (Å²) in [6, 6.07) is 20.7. The number of pyridine rings is 1. The summed E-state index contributed by atoms with van der Waals surface area (Å²) in [7, 11) is 3.89. The minimum Gasteiger partial charge on any atom is -0.494 e. The molecule has 0 fully saturated rings. The van der Waals surface area contributed by atoms with Crippen molar-refractivity contribution < 1.29 is 4.74 Å². The molecule has 2 aromatic heterocycles. The summed E-state index contributed by atoms with van der Waals surface area (Å²) >= 11 is 3.55. The van der Waals surface area contributed by atoms with Gasteiger partial charge in [-0.05, 0) is 65.3 Å². The van der Waals surface area contributed by atoms with Gasteiger partial charge in [0.15, 0.2) is 0 Å². The molecule has 7 heteroatoms. The number of halogens is 1. The average Bonchev–Trinajstić information content (AvgIpc) is 2.81. The van der Waals surface area contributed by atoms with Crippen LogP contribution in [0.2, 0.25) is 0 Å². The van der Waals surface area contributed by atoms with Crippen molar-refractivity contribution in [2.45, 2.75) is 6.92 Å². The van der Waals surface area contributed by atoms with Gasteiger partial charge < -0.3 is 9.64 Å². The van der Waals surface area contributed by atoms with Crippen molar-refractivity contribution in [3.8, 4) is 34.0 Å². The van der Waals surface area contributed by atoms with E-state index in [1.807, 2.05) is 86.6 Å². The average molecular weight is 491 g/mol. The first-order valence-corrected chi connectivity index (χ1v) is 11.0. The van der Waals surface area contributed by atoms with Crippen molar-refractivity contribution in [1.82, 2.24) is 14.8 Å². The van der Waals surface area contributed by atoms with Gasteiger partial charge in [-0.25, -0.2) is 0 Å². The van der Waals surface area contributed by atoms with Crippen LogP contribution in [0.3, 0.4) is 0 Å². The maximum absolute atomic E-state index is 13.7. The molecule has 0 saturated heterocycles. The molecule has 2 heterocycles. The second kappa shape index (κ2) is 9.36. The Balaban J connectivity index is 2.02. The van der Waals surface area contributed by atoms with E-state index in [4.69, 9.17) is 4.74 Å². The maximum Gasteiger partial charge on any atom is 0.279 e. The van der Waals surface area contributed by atoms with E-state index >= 15 is 0 Å². The highest BCUT2D eigenvalue weighted by Gasteiger charge is 2.18. The molecule has 0 radical (unpaired) electrons. The molecule has 0 N–H and O–H groups in total. The Kier molecular flexibility index (Phi) is 6.37. The Morgan fingerprint density at radius 3 is 2.44 bits per heavy atom. The standard InChI is InChI=1S/C25H23BrN4O2/c1-4-32-17-12-13-18(24(15-17)29(2)3)19-16-22(21-10-7-8-14-27-21)28-30(25(19)31)23-11-6-5-9-20(23)26/h5-16H,4H2,1-3H3. The summed E-state index contributed by atoms with van der Waals surface area (Å²) in [6.07, 6.45) is 1.71. The minimum absolute atomic E-state index is 0.219. The lowest BCUT2D eigenvalue weighted by Gasteiger charge is -2.20. The SMILES string of the molecule is CCOc1ccc(-c2cc(-c3ccccn3)nn(-c3ccccc3Br)c2=O)c(N(C)C)c1. The number of hydrogen-bond acceptors (Lipinski definition) is 5. The zero-order chi connectivity index (χ0) is 22.7. The first-order valence-electron chi connectivity index (χ1n) is 10.2. The number of aromatic nitrogens is 3. The zero-order valence-corrected chi connectivity index (χ0v) is 19.7. The van der Waals surface area contributed by atoms with Gasteiger partial charge >= 0.3 is 0 Å². The number of ether oxygens (including phenoxy) is 1. The smallest absolute Gasteiger partial charge is 0.279 e. The fourth-order valence-corrected chi connectivity index (χ4v) is 3.93. The van der Waals surface area contributed by atoms with Crippen molar-refractivity contribution in [2.75, 3.05) is 25.6 Å². The van der Waals surface area contributed by atoms with Gasteiger partial charge in [0.2, 0.25) is 0 Å². The third-order valence-corrected chi connectivity index (χ3v) is 5.64.